The molecule has 0 unspecified atom stereocenters. The summed E-state index contributed by atoms with van der Waals surface area (Å²) in [7, 11) is -0.831. The third kappa shape index (κ3) is 3.71. The molecular formula is C19H21N3O5S. The molecule has 1 heterocycles. The summed E-state index contributed by atoms with van der Waals surface area (Å²) in [6.45, 7) is 3.59. The Morgan fingerprint density at radius 2 is 1.86 bits per heavy atom. The van der Waals surface area contributed by atoms with Gasteiger partial charge in [-0.25, -0.2) is 17.5 Å². The van der Waals surface area contributed by atoms with Crippen molar-refractivity contribution >= 4 is 32.7 Å². The zero-order valence-corrected chi connectivity index (χ0v) is 16.8. The molecule has 0 radical (unpaired) electrons. The number of oxazole rings is 1. The summed E-state index contributed by atoms with van der Waals surface area (Å²) in [5.41, 5.74) is 3.11. The maximum Gasteiger partial charge on any atom is 0.420 e. The topological polar surface area (TPSA) is 102 Å². The van der Waals surface area contributed by atoms with Gasteiger partial charge in [-0.15, -0.1) is 0 Å². The Balaban J connectivity index is 1.90. The van der Waals surface area contributed by atoms with Crippen LogP contribution in [0, 0.1) is 13.8 Å². The number of carbonyl (C=O) groups excluding carboxylic acids is 1. The van der Waals surface area contributed by atoms with Crippen molar-refractivity contribution in [3.63, 3.8) is 0 Å². The van der Waals surface area contributed by atoms with E-state index in [4.69, 9.17) is 4.42 Å². The highest BCUT2D eigenvalue weighted by Gasteiger charge is 2.20. The van der Waals surface area contributed by atoms with Crippen LogP contribution in [0.3, 0.4) is 0 Å². The van der Waals surface area contributed by atoms with Crippen molar-refractivity contribution in [1.82, 2.24) is 8.87 Å². The maximum atomic E-state index is 12.4. The summed E-state index contributed by atoms with van der Waals surface area (Å²) in [5.74, 6) is -1.12. The van der Waals surface area contributed by atoms with Gasteiger partial charge in [-0.3, -0.25) is 9.36 Å². The molecule has 0 aliphatic carbocycles. The predicted octanol–water partition coefficient (Wildman–Crippen LogP) is 2.10. The summed E-state index contributed by atoms with van der Waals surface area (Å²) < 4.78 is 31.9. The minimum atomic E-state index is -3.66. The Bertz CT molecular complexity index is 1220. The number of amides is 1. The lowest BCUT2D eigenvalue weighted by atomic mass is 10.1. The van der Waals surface area contributed by atoms with Gasteiger partial charge >= 0.3 is 5.76 Å². The molecule has 0 spiro atoms. The van der Waals surface area contributed by atoms with Gasteiger partial charge < -0.3 is 9.73 Å². The third-order valence-electron chi connectivity index (χ3n) is 4.38. The molecule has 0 aliphatic rings. The number of anilines is 1. The Kier molecular flexibility index (Phi) is 5.14. The van der Waals surface area contributed by atoms with Crippen molar-refractivity contribution in [1.29, 1.82) is 0 Å². The lowest BCUT2D eigenvalue weighted by molar-refractivity contribution is -0.116. The average molecular weight is 403 g/mol. The fourth-order valence-corrected chi connectivity index (χ4v) is 3.77. The molecule has 1 N–H and O–H groups in total. The fourth-order valence-electron chi connectivity index (χ4n) is 2.85. The number of carbonyl (C=O) groups is 1. The van der Waals surface area contributed by atoms with Gasteiger partial charge in [0.15, 0.2) is 5.58 Å². The average Bonchev–Trinajstić information content (AvgIpc) is 2.92. The second-order valence-electron chi connectivity index (χ2n) is 6.74. The summed E-state index contributed by atoms with van der Waals surface area (Å²) in [6, 6.07) is 9.75. The van der Waals surface area contributed by atoms with Gasteiger partial charge in [-0.05, 0) is 37.6 Å². The van der Waals surface area contributed by atoms with Crippen LogP contribution in [0.15, 0.2) is 50.5 Å². The molecule has 1 aromatic heterocycles. The first-order chi connectivity index (χ1) is 13.1. The molecule has 0 saturated heterocycles. The minimum Gasteiger partial charge on any atom is -0.408 e. The Hall–Kier alpha value is -2.91. The molecule has 0 bridgehead atoms. The smallest absolute Gasteiger partial charge is 0.408 e. The minimum absolute atomic E-state index is 0.00521. The molecule has 0 aliphatic heterocycles. The molecule has 148 valence electrons. The normalized spacial score (nSPS) is 11.9. The highest BCUT2D eigenvalue weighted by Crippen LogP contribution is 2.21. The second-order valence-corrected chi connectivity index (χ2v) is 8.89. The molecule has 3 aromatic rings. The molecular weight excluding hydrogens is 382 g/mol. The molecule has 3 rings (SSSR count). The van der Waals surface area contributed by atoms with Crippen molar-refractivity contribution in [2.75, 3.05) is 19.4 Å². The molecule has 9 heteroatoms. The predicted molar refractivity (Wildman–Crippen MR) is 106 cm³/mol. The van der Waals surface area contributed by atoms with Gasteiger partial charge in [0.25, 0.3) is 0 Å². The monoisotopic (exact) mass is 403 g/mol. The lowest BCUT2D eigenvalue weighted by Crippen LogP contribution is -2.25. The van der Waals surface area contributed by atoms with E-state index in [2.05, 4.69) is 5.32 Å². The van der Waals surface area contributed by atoms with Crippen molar-refractivity contribution in [2.24, 2.45) is 0 Å². The number of benzene rings is 2. The van der Waals surface area contributed by atoms with Gasteiger partial charge in [0.05, 0.1) is 10.4 Å². The number of aromatic nitrogens is 1. The van der Waals surface area contributed by atoms with Crippen LogP contribution in [0.2, 0.25) is 0 Å². The van der Waals surface area contributed by atoms with Gasteiger partial charge in [0.2, 0.25) is 15.9 Å². The molecule has 0 saturated carbocycles. The zero-order chi connectivity index (χ0) is 20.6. The molecule has 0 atom stereocenters. The number of fused-ring (bicyclic) bond motifs is 1. The van der Waals surface area contributed by atoms with Gasteiger partial charge in [-0.1, -0.05) is 17.7 Å². The van der Waals surface area contributed by atoms with E-state index >= 15 is 0 Å². The lowest BCUT2D eigenvalue weighted by Gasteiger charge is -2.11. The number of sulfonamides is 1. The summed E-state index contributed by atoms with van der Waals surface area (Å²) in [6.07, 6.45) is 0. The number of hydrogen-bond donors (Lipinski definition) is 1. The Morgan fingerprint density at radius 3 is 2.50 bits per heavy atom. The van der Waals surface area contributed by atoms with E-state index in [1.807, 2.05) is 26.0 Å². The number of hydrogen-bond acceptors (Lipinski definition) is 5. The Morgan fingerprint density at radius 1 is 1.14 bits per heavy atom. The summed E-state index contributed by atoms with van der Waals surface area (Å²) in [5, 5.41) is 2.78. The first kappa shape index (κ1) is 19.8. The molecule has 8 nitrogen and oxygen atoms in total. The maximum absolute atomic E-state index is 12.4. The van der Waals surface area contributed by atoms with E-state index in [9.17, 15) is 18.0 Å². The van der Waals surface area contributed by atoms with Crippen LogP contribution in [0.4, 0.5) is 5.69 Å². The van der Waals surface area contributed by atoms with Gasteiger partial charge in [0, 0.05) is 25.8 Å². The Labute approximate surface area is 162 Å². The number of nitrogens with zero attached hydrogens (tertiary/aromatic N) is 2. The highest BCUT2D eigenvalue weighted by atomic mass is 32.2. The molecule has 2 aromatic carbocycles. The van der Waals surface area contributed by atoms with Crippen LogP contribution in [0.1, 0.15) is 11.1 Å². The molecule has 28 heavy (non-hydrogen) atoms. The van der Waals surface area contributed by atoms with Crippen LogP contribution in [-0.4, -0.2) is 37.3 Å². The second kappa shape index (κ2) is 7.25. The number of rotatable bonds is 5. The zero-order valence-electron chi connectivity index (χ0n) is 16.0. The van der Waals surface area contributed by atoms with Crippen LogP contribution in [0.25, 0.3) is 11.1 Å². The van der Waals surface area contributed by atoms with Gasteiger partial charge in [-0.2, -0.15) is 0 Å². The van der Waals surface area contributed by atoms with Gasteiger partial charge in [0.1, 0.15) is 6.54 Å². The van der Waals surface area contributed by atoms with E-state index in [1.54, 1.807) is 6.07 Å². The van der Waals surface area contributed by atoms with Crippen LogP contribution in [-0.2, 0) is 21.4 Å². The SMILES string of the molecule is Cc1ccc(NC(=O)Cn2c(=O)oc3cc(S(=O)(=O)N(C)C)ccc32)c(C)c1. The highest BCUT2D eigenvalue weighted by molar-refractivity contribution is 7.89. The number of aryl methyl sites for hydroxylation is 2. The van der Waals surface area contributed by atoms with Crippen LogP contribution < -0.4 is 11.1 Å². The van der Waals surface area contributed by atoms with E-state index in [1.165, 1.54) is 36.9 Å². The van der Waals surface area contributed by atoms with E-state index in [-0.39, 0.29) is 22.9 Å². The quantitative estimate of drug-likeness (QED) is 0.703. The van der Waals surface area contributed by atoms with Crippen molar-refractivity contribution < 1.29 is 17.6 Å². The van der Waals surface area contributed by atoms with E-state index in [0.717, 1.165) is 15.4 Å². The van der Waals surface area contributed by atoms with Crippen molar-refractivity contribution in [3.05, 3.63) is 58.1 Å². The van der Waals surface area contributed by atoms with Crippen LogP contribution in [0.5, 0.6) is 0 Å². The summed E-state index contributed by atoms with van der Waals surface area (Å²) >= 11 is 0. The fraction of sp³-hybridized carbons (Fsp3) is 0.263. The van der Waals surface area contributed by atoms with E-state index in [0.29, 0.717) is 11.2 Å². The first-order valence-electron chi connectivity index (χ1n) is 8.52. The van der Waals surface area contributed by atoms with Crippen molar-refractivity contribution in [3.8, 4) is 0 Å². The molecule has 0 fully saturated rings. The van der Waals surface area contributed by atoms with Crippen molar-refractivity contribution in [2.45, 2.75) is 25.3 Å². The number of nitrogens with one attached hydrogen (secondary N) is 1. The van der Waals surface area contributed by atoms with E-state index < -0.39 is 15.8 Å². The standard InChI is InChI=1S/C19H21N3O5S/c1-12-5-7-15(13(2)9-12)20-18(23)11-22-16-8-6-14(28(25,26)21(3)4)10-17(16)27-19(22)24/h5-10H,11H2,1-4H3,(H,20,23). The summed E-state index contributed by atoms with van der Waals surface area (Å²) in [4.78, 5) is 24.6. The largest absolute Gasteiger partial charge is 0.420 e. The molecule has 1 amide bonds. The third-order valence-corrected chi connectivity index (χ3v) is 6.19. The first-order valence-corrected chi connectivity index (χ1v) is 9.96. The van der Waals surface area contributed by atoms with Crippen LogP contribution >= 0.6 is 0 Å².